The van der Waals surface area contributed by atoms with Crippen molar-refractivity contribution in [2.75, 3.05) is 25.9 Å². The molecule has 0 spiro atoms. The molecular formula is C19H28IN3O2S2. The molecule has 27 heavy (non-hydrogen) atoms. The van der Waals surface area contributed by atoms with Gasteiger partial charge in [-0.2, -0.15) is 0 Å². The summed E-state index contributed by atoms with van der Waals surface area (Å²) in [5, 5.41) is 8.69. The highest BCUT2D eigenvalue weighted by atomic mass is 127. The summed E-state index contributed by atoms with van der Waals surface area (Å²) in [4.78, 5) is 6.37. The monoisotopic (exact) mass is 521 g/mol. The lowest BCUT2D eigenvalue weighted by atomic mass is 10.1. The molecule has 2 rings (SSSR count). The normalized spacial score (nSPS) is 12.9. The summed E-state index contributed by atoms with van der Waals surface area (Å²) in [5.41, 5.74) is 1.09. The maximum atomic E-state index is 11.5. The van der Waals surface area contributed by atoms with Gasteiger partial charge in [-0.3, -0.25) is 4.99 Å². The largest absolute Gasteiger partial charge is 0.357 e. The van der Waals surface area contributed by atoms with Gasteiger partial charge in [0.15, 0.2) is 15.8 Å². The quantitative estimate of drug-likeness (QED) is 0.316. The molecule has 0 radical (unpaired) electrons. The van der Waals surface area contributed by atoms with Crippen LogP contribution in [0.2, 0.25) is 0 Å². The van der Waals surface area contributed by atoms with E-state index in [1.54, 1.807) is 23.5 Å². The Kier molecular flexibility index (Phi) is 10.3. The van der Waals surface area contributed by atoms with Crippen LogP contribution in [0.5, 0.6) is 0 Å². The molecule has 0 aliphatic carbocycles. The van der Waals surface area contributed by atoms with Crippen LogP contribution in [0.15, 0.2) is 51.7 Å². The van der Waals surface area contributed by atoms with Gasteiger partial charge in [-0.05, 0) is 42.5 Å². The number of hydrogen-bond donors (Lipinski definition) is 2. The van der Waals surface area contributed by atoms with Gasteiger partial charge >= 0.3 is 0 Å². The molecule has 1 atom stereocenters. The lowest BCUT2D eigenvalue weighted by molar-refractivity contribution is 0.602. The van der Waals surface area contributed by atoms with Crippen LogP contribution in [0, 0.1) is 0 Å². The van der Waals surface area contributed by atoms with E-state index in [4.69, 9.17) is 0 Å². The Morgan fingerprint density at radius 1 is 1.19 bits per heavy atom. The molecule has 8 heteroatoms. The van der Waals surface area contributed by atoms with Crippen LogP contribution in [0.4, 0.5) is 0 Å². The van der Waals surface area contributed by atoms with Crippen LogP contribution in [-0.4, -0.2) is 40.3 Å². The Balaban J connectivity index is 0.00000364. The number of nitrogens with one attached hydrogen (secondary N) is 2. The predicted molar refractivity (Wildman–Crippen MR) is 125 cm³/mol. The topological polar surface area (TPSA) is 70.6 Å². The standard InChI is InChI=1S/C19H27N3O2S2.HI/c1-4-20-19(22-14-15(2)18-6-5-13-25-18)21-12-11-16-7-9-17(10-8-16)26(3,23)24;/h5-10,13,15H,4,11-12,14H2,1-3H3,(H2,20,21,22);1H. The number of sulfone groups is 1. The van der Waals surface area contributed by atoms with Crippen molar-refractivity contribution < 1.29 is 8.42 Å². The second-order valence-corrected chi connectivity index (χ2v) is 9.22. The third kappa shape index (κ3) is 8.18. The van der Waals surface area contributed by atoms with E-state index in [0.29, 0.717) is 10.8 Å². The Bertz CT molecular complexity index is 804. The Labute approximate surface area is 183 Å². The number of thiophene rings is 1. The molecule has 0 aliphatic rings. The molecule has 1 aromatic heterocycles. The first-order chi connectivity index (χ1) is 12.4. The van der Waals surface area contributed by atoms with Crippen molar-refractivity contribution in [2.45, 2.75) is 31.1 Å². The van der Waals surface area contributed by atoms with E-state index < -0.39 is 9.84 Å². The second kappa shape index (κ2) is 11.7. The van der Waals surface area contributed by atoms with E-state index in [9.17, 15) is 8.42 Å². The van der Waals surface area contributed by atoms with E-state index in [1.165, 1.54) is 11.1 Å². The minimum absolute atomic E-state index is 0. The van der Waals surface area contributed by atoms with Gasteiger partial charge in [0, 0.05) is 30.1 Å². The van der Waals surface area contributed by atoms with Crippen molar-refractivity contribution in [2.24, 2.45) is 4.99 Å². The number of aliphatic imine (C=N–C) groups is 1. The third-order valence-corrected chi connectivity index (χ3v) is 6.19. The number of hydrogen-bond acceptors (Lipinski definition) is 4. The summed E-state index contributed by atoms with van der Waals surface area (Å²) in [7, 11) is -3.14. The zero-order valence-electron chi connectivity index (χ0n) is 15.9. The summed E-state index contributed by atoms with van der Waals surface area (Å²) >= 11 is 1.76. The number of halogens is 1. The third-order valence-electron chi connectivity index (χ3n) is 3.95. The smallest absolute Gasteiger partial charge is 0.191 e. The average molecular weight is 521 g/mol. The Morgan fingerprint density at radius 2 is 1.89 bits per heavy atom. The lowest BCUT2D eigenvalue weighted by Crippen LogP contribution is -2.38. The molecular weight excluding hydrogens is 493 g/mol. The average Bonchev–Trinajstić information content (AvgIpc) is 3.14. The lowest BCUT2D eigenvalue weighted by Gasteiger charge is -2.13. The first kappa shape index (κ1) is 23.9. The van der Waals surface area contributed by atoms with Crippen LogP contribution in [0.25, 0.3) is 0 Å². The van der Waals surface area contributed by atoms with Crippen LogP contribution in [-0.2, 0) is 16.3 Å². The van der Waals surface area contributed by atoms with Gasteiger partial charge in [0.05, 0.1) is 11.4 Å². The maximum Gasteiger partial charge on any atom is 0.191 e. The predicted octanol–water partition coefficient (Wildman–Crippen LogP) is 3.67. The summed E-state index contributed by atoms with van der Waals surface area (Å²) in [6.07, 6.45) is 2.02. The van der Waals surface area contributed by atoms with E-state index in [2.05, 4.69) is 40.1 Å². The van der Waals surface area contributed by atoms with Gasteiger partial charge in [0.25, 0.3) is 0 Å². The minimum atomic E-state index is -3.14. The highest BCUT2D eigenvalue weighted by molar-refractivity contribution is 14.0. The molecule has 0 aliphatic heterocycles. The molecule has 2 N–H and O–H groups in total. The number of rotatable bonds is 8. The van der Waals surface area contributed by atoms with E-state index in [1.807, 2.05) is 19.1 Å². The molecule has 1 heterocycles. The SMILES string of the molecule is CCNC(=NCC(C)c1cccs1)NCCc1ccc(S(C)(=O)=O)cc1.I. The van der Waals surface area contributed by atoms with E-state index in [0.717, 1.165) is 37.6 Å². The van der Waals surface area contributed by atoms with Gasteiger partial charge in [0.2, 0.25) is 0 Å². The van der Waals surface area contributed by atoms with Crippen molar-refractivity contribution in [3.63, 3.8) is 0 Å². The molecule has 0 saturated heterocycles. The van der Waals surface area contributed by atoms with Crippen LogP contribution in [0.1, 0.15) is 30.2 Å². The molecule has 5 nitrogen and oxygen atoms in total. The number of guanidine groups is 1. The highest BCUT2D eigenvalue weighted by Crippen LogP contribution is 2.20. The molecule has 1 unspecified atom stereocenters. The first-order valence-corrected chi connectivity index (χ1v) is 11.5. The molecule has 0 amide bonds. The zero-order chi connectivity index (χ0) is 19.0. The fourth-order valence-corrected chi connectivity index (χ4v) is 3.87. The molecule has 0 fully saturated rings. The molecule has 0 saturated carbocycles. The van der Waals surface area contributed by atoms with E-state index in [-0.39, 0.29) is 24.0 Å². The molecule has 150 valence electrons. The number of benzene rings is 1. The highest BCUT2D eigenvalue weighted by Gasteiger charge is 2.07. The fraction of sp³-hybridized carbons (Fsp3) is 0.421. The van der Waals surface area contributed by atoms with Crippen molar-refractivity contribution in [1.82, 2.24) is 10.6 Å². The molecule has 0 bridgehead atoms. The van der Waals surface area contributed by atoms with Gasteiger partial charge in [-0.1, -0.05) is 25.1 Å². The summed E-state index contributed by atoms with van der Waals surface area (Å²) in [5.74, 6) is 1.21. The van der Waals surface area contributed by atoms with Gasteiger partial charge in [0.1, 0.15) is 0 Å². The minimum Gasteiger partial charge on any atom is -0.357 e. The summed E-state index contributed by atoms with van der Waals surface area (Å²) in [6.45, 7) is 6.50. The summed E-state index contributed by atoms with van der Waals surface area (Å²) in [6, 6.07) is 11.3. The van der Waals surface area contributed by atoms with Crippen molar-refractivity contribution in [1.29, 1.82) is 0 Å². The molecule has 2 aromatic rings. The maximum absolute atomic E-state index is 11.5. The van der Waals surface area contributed by atoms with Crippen molar-refractivity contribution >= 4 is 51.1 Å². The van der Waals surface area contributed by atoms with Crippen LogP contribution < -0.4 is 10.6 Å². The van der Waals surface area contributed by atoms with Gasteiger partial charge < -0.3 is 10.6 Å². The molecule has 1 aromatic carbocycles. The van der Waals surface area contributed by atoms with Crippen LogP contribution in [0.3, 0.4) is 0 Å². The van der Waals surface area contributed by atoms with Crippen molar-refractivity contribution in [3.8, 4) is 0 Å². The van der Waals surface area contributed by atoms with Crippen LogP contribution >= 0.6 is 35.3 Å². The second-order valence-electron chi connectivity index (χ2n) is 6.23. The van der Waals surface area contributed by atoms with Crippen molar-refractivity contribution in [3.05, 3.63) is 52.2 Å². The Morgan fingerprint density at radius 3 is 2.44 bits per heavy atom. The summed E-state index contributed by atoms with van der Waals surface area (Å²) < 4.78 is 23.0. The van der Waals surface area contributed by atoms with Gasteiger partial charge in [-0.15, -0.1) is 35.3 Å². The van der Waals surface area contributed by atoms with E-state index >= 15 is 0 Å². The van der Waals surface area contributed by atoms with Gasteiger partial charge in [-0.25, -0.2) is 8.42 Å². The number of nitrogens with zero attached hydrogens (tertiary/aromatic N) is 1. The Hall–Kier alpha value is -1.13. The first-order valence-electron chi connectivity index (χ1n) is 8.74. The zero-order valence-corrected chi connectivity index (χ0v) is 19.9. The fourth-order valence-electron chi connectivity index (χ4n) is 2.46.